The smallest absolute Gasteiger partial charge is 0.122 e. The van der Waals surface area contributed by atoms with E-state index in [0.29, 0.717) is 6.04 Å². The average molecular weight is 246 g/mol. The Morgan fingerprint density at radius 1 is 1.33 bits per heavy atom. The minimum Gasteiger partial charge on any atom is -0.493 e. The lowest BCUT2D eigenvalue weighted by atomic mass is 9.95. The molecule has 3 heteroatoms. The molecule has 2 heterocycles. The van der Waals surface area contributed by atoms with E-state index in [1.54, 1.807) is 0 Å². The first kappa shape index (κ1) is 12.0. The predicted molar refractivity (Wildman–Crippen MR) is 72.8 cm³/mol. The van der Waals surface area contributed by atoms with Gasteiger partial charge in [0.2, 0.25) is 0 Å². The molecular formula is C15H22N2O. The van der Waals surface area contributed by atoms with Crippen molar-refractivity contribution in [3.8, 4) is 5.75 Å². The van der Waals surface area contributed by atoms with E-state index < -0.39 is 0 Å². The first-order chi connectivity index (χ1) is 8.75. The van der Waals surface area contributed by atoms with Crippen LogP contribution in [0.3, 0.4) is 0 Å². The van der Waals surface area contributed by atoms with Crippen molar-refractivity contribution in [3.05, 3.63) is 29.3 Å². The van der Waals surface area contributed by atoms with E-state index >= 15 is 0 Å². The fourth-order valence-electron chi connectivity index (χ4n) is 3.26. The Morgan fingerprint density at radius 2 is 2.22 bits per heavy atom. The molecule has 1 aromatic carbocycles. The van der Waals surface area contributed by atoms with Crippen LogP contribution in [0.1, 0.15) is 36.4 Å². The van der Waals surface area contributed by atoms with Crippen LogP contribution >= 0.6 is 0 Å². The van der Waals surface area contributed by atoms with Crippen molar-refractivity contribution in [2.75, 3.05) is 20.2 Å². The first-order valence-corrected chi connectivity index (χ1v) is 6.97. The van der Waals surface area contributed by atoms with E-state index in [4.69, 9.17) is 10.5 Å². The van der Waals surface area contributed by atoms with Gasteiger partial charge in [-0.3, -0.25) is 4.90 Å². The number of ether oxygens (including phenoxy) is 1. The van der Waals surface area contributed by atoms with Crippen LogP contribution in [0.25, 0.3) is 0 Å². The molecular weight excluding hydrogens is 224 g/mol. The molecule has 2 aliphatic heterocycles. The lowest BCUT2D eigenvalue weighted by Crippen LogP contribution is -2.37. The van der Waals surface area contributed by atoms with Gasteiger partial charge in [-0.15, -0.1) is 0 Å². The highest BCUT2D eigenvalue weighted by Crippen LogP contribution is 2.33. The highest BCUT2D eigenvalue weighted by Gasteiger charge is 2.27. The molecule has 3 nitrogen and oxygen atoms in total. The summed E-state index contributed by atoms with van der Waals surface area (Å²) >= 11 is 0. The number of likely N-dealkylation sites (tertiary alicyclic amines) is 1. The van der Waals surface area contributed by atoms with Crippen molar-refractivity contribution in [2.24, 2.45) is 5.73 Å². The second kappa shape index (κ2) is 4.90. The fraction of sp³-hybridized carbons (Fsp3) is 0.600. The van der Waals surface area contributed by atoms with Gasteiger partial charge < -0.3 is 10.5 Å². The maximum absolute atomic E-state index is 6.37. The zero-order valence-electron chi connectivity index (χ0n) is 11.1. The topological polar surface area (TPSA) is 38.5 Å². The Labute approximate surface area is 109 Å². The monoisotopic (exact) mass is 246 g/mol. The second-order valence-corrected chi connectivity index (χ2v) is 5.55. The summed E-state index contributed by atoms with van der Waals surface area (Å²) in [6, 6.07) is 7.21. The van der Waals surface area contributed by atoms with Crippen molar-refractivity contribution in [3.63, 3.8) is 0 Å². The third kappa shape index (κ3) is 2.13. The minimum absolute atomic E-state index is 0.248. The summed E-state index contributed by atoms with van der Waals surface area (Å²) in [7, 11) is 2.19. The van der Waals surface area contributed by atoms with Crippen LogP contribution in [0, 0.1) is 0 Å². The van der Waals surface area contributed by atoms with Gasteiger partial charge in [0.1, 0.15) is 5.75 Å². The molecule has 3 rings (SSSR count). The van der Waals surface area contributed by atoms with E-state index in [1.165, 1.54) is 24.0 Å². The first-order valence-electron chi connectivity index (χ1n) is 6.97. The van der Waals surface area contributed by atoms with E-state index in [-0.39, 0.29) is 6.04 Å². The summed E-state index contributed by atoms with van der Waals surface area (Å²) < 4.78 is 5.57. The number of benzene rings is 1. The Kier molecular flexibility index (Phi) is 3.27. The van der Waals surface area contributed by atoms with Gasteiger partial charge in [-0.2, -0.15) is 0 Å². The van der Waals surface area contributed by atoms with Crippen LogP contribution in [-0.2, 0) is 6.42 Å². The SMILES string of the molecule is CN1CCCCC(N)C1c1ccc2c(c1)CCO2. The maximum Gasteiger partial charge on any atom is 0.122 e. The largest absolute Gasteiger partial charge is 0.493 e. The molecule has 0 aliphatic carbocycles. The van der Waals surface area contributed by atoms with Crippen molar-refractivity contribution < 1.29 is 4.74 Å². The van der Waals surface area contributed by atoms with Crippen LogP contribution in [0.15, 0.2) is 18.2 Å². The number of hydrogen-bond acceptors (Lipinski definition) is 3. The Balaban J connectivity index is 1.91. The standard InChI is InChI=1S/C15H22N2O/c1-17-8-3-2-4-13(16)15(17)12-5-6-14-11(10-12)7-9-18-14/h5-6,10,13,15H,2-4,7-9,16H2,1H3. The molecule has 2 unspecified atom stereocenters. The number of nitrogens with two attached hydrogens (primary N) is 1. The number of likely N-dealkylation sites (N-methyl/N-ethyl adjacent to an activating group) is 1. The molecule has 2 N–H and O–H groups in total. The van der Waals surface area contributed by atoms with Gasteiger partial charge in [-0.05, 0) is 43.6 Å². The van der Waals surface area contributed by atoms with Gasteiger partial charge >= 0.3 is 0 Å². The number of hydrogen-bond donors (Lipinski definition) is 1. The van der Waals surface area contributed by atoms with E-state index in [0.717, 1.165) is 31.7 Å². The average Bonchev–Trinajstić information content (AvgIpc) is 2.75. The summed E-state index contributed by atoms with van der Waals surface area (Å²) in [4.78, 5) is 2.41. The van der Waals surface area contributed by atoms with Crippen LogP contribution in [0.4, 0.5) is 0 Å². The Morgan fingerprint density at radius 3 is 3.11 bits per heavy atom. The third-order valence-corrected chi connectivity index (χ3v) is 4.23. The van der Waals surface area contributed by atoms with Crippen molar-refractivity contribution in [1.82, 2.24) is 4.90 Å². The summed E-state index contributed by atoms with van der Waals surface area (Å²) in [6.45, 7) is 1.97. The molecule has 0 spiro atoms. The van der Waals surface area contributed by atoms with Crippen LogP contribution in [0.5, 0.6) is 5.75 Å². The van der Waals surface area contributed by atoms with E-state index in [2.05, 4.69) is 30.1 Å². The quantitative estimate of drug-likeness (QED) is 0.824. The van der Waals surface area contributed by atoms with Crippen molar-refractivity contribution >= 4 is 0 Å². The van der Waals surface area contributed by atoms with Gasteiger partial charge in [-0.1, -0.05) is 18.6 Å². The Bertz CT molecular complexity index is 421. The van der Waals surface area contributed by atoms with Crippen molar-refractivity contribution in [1.29, 1.82) is 0 Å². The second-order valence-electron chi connectivity index (χ2n) is 5.55. The maximum atomic E-state index is 6.37. The van der Waals surface area contributed by atoms with Gasteiger partial charge in [0, 0.05) is 18.5 Å². The van der Waals surface area contributed by atoms with Crippen LogP contribution in [0.2, 0.25) is 0 Å². The van der Waals surface area contributed by atoms with Crippen molar-refractivity contribution in [2.45, 2.75) is 37.8 Å². The molecule has 98 valence electrons. The summed E-state index contributed by atoms with van der Waals surface area (Å²) in [5, 5.41) is 0. The highest BCUT2D eigenvalue weighted by atomic mass is 16.5. The minimum atomic E-state index is 0.248. The van der Waals surface area contributed by atoms with Gasteiger partial charge in [0.05, 0.1) is 6.61 Å². The third-order valence-electron chi connectivity index (χ3n) is 4.23. The molecule has 0 radical (unpaired) electrons. The summed E-state index contributed by atoms with van der Waals surface area (Å²) in [5.41, 5.74) is 9.08. The molecule has 1 saturated heterocycles. The molecule has 2 atom stereocenters. The van der Waals surface area contributed by atoms with Crippen LogP contribution in [-0.4, -0.2) is 31.1 Å². The number of rotatable bonds is 1. The van der Waals surface area contributed by atoms with E-state index in [9.17, 15) is 0 Å². The Hall–Kier alpha value is -1.06. The summed E-state index contributed by atoms with van der Waals surface area (Å²) in [5.74, 6) is 1.06. The molecule has 1 fully saturated rings. The molecule has 0 aromatic heterocycles. The molecule has 0 amide bonds. The lowest BCUT2D eigenvalue weighted by Gasteiger charge is -2.30. The fourth-order valence-corrected chi connectivity index (χ4v) is 3.26. The van der Waals surface area contributed by atoms with Gasteiger partial charge in [0.15, 0.2) is 0 Å². The zero-order valence-corrected chi connectivity index (χ0v) is 11.1. The lowest BCUT2D eigenvalue weighted by molar-refractivity contribution is 0.230. The molecule has 0 saturated carbocycles. The number of fused-ring (bicyclic) bond motifs is 1. The van der Waals surface area contributed by atoms with E-state index in [1.807, 2.05) is 0 Å². The van der Waals surface area contributed by atoms with Gasteiger partial charge in [0.25, 0.3) is 0 Å². The zero-order chi connectivity index (χ0) is 12.5. The molecule has 2 aliphatic rings. The summed E-state index contributed by atoms with van der Waals surface area (Å²) in [6.07, 6.45) is 4.67. The normalized spacial score (nSPS) is 28.6. The molecule has 18 heavy (non-hydrogen) atoms. The molecule has 0 bridgehead atoms. The highest BCUT2D eigenvalue weighted by molar-refractivity contribution is 5.41. The van der Waals surface area contributed by atoms with Crippen LogP contribution < -0.4 is 10.5 Å². The predicted octanol–water partition coefficient (Wildman–Crippen LogP) is 2.11. The molecule has 1 aromatic rings. The van der Waals surface area contributed by atoms with Gasteiger partial charge in [-0.25, -0.2) is 0 Å². The number of nitrogens with zero attached hydrogens (tertiary/aromatic N) is 1.